The van der Waals surface area contributed by atoms with Gasteiger partial charge in [0.2, 0.25) is 0 Å². The molecule has 1 heterocycles. The predicted molar refractivity (Wildman–Crippen MR) is 79.0 cm³/mol. The number of aliphatic hydroxyl groups is 1. The zero-order chi connectivity index (χ0) is 14.5. The summed E-state index contributed by atoms with van der Waals surface area (Å²) in [6, 6.07) is 2.48. The van der Waals surface area contributed by atoms with Crippen molar-refractivity contribution in [2.45, 2.75) is 66.2 Å². The lowest BCUT2D eigenvalue weighted by molar-refractivity contribution is 0.119. The molecule has 1 rings (SSSR count). The van der Waals surface area contributed by atoms with E-state index in [1.54, 1.807) is 0 Å². The number of rotatable bonds is 7. The molecule has 4 heteroatoms. The van der Waals surface area contributed by atoms with Gasteiger partial charge in [0.15, 0.2) is 0 Å². The van der Waals surface area contributed by atoms with E-state index in [2.05, 4.69) is 45.0 Å². The predicted octanol–water partition coefficient (Wildman–Crippen LogP) is 2.74. The van der Waals surface area contributed by atoms with Crippen molar-refractivity contribution in [1.29, 1.82) is 0 Å². The Morgan fingerprint density at radius 1 is 1.42 bits per heavy atom. The smallest absolute Gasteiger partial charge is 0.0762 e. The fourth-order valence-electron chi connectivity index (χ4n) is 2.05. The minimum absolute atomic E-state index is 0.166. The summed E-state index contributed by atoms with van der Waals surface area (Å²) >= 11 is 0. The second-order valence-electron chi connectivity index (χ2n) is 6.59. The first-order chi connectivity index (χ1) is 8.81. The maximum atomic E-state index is 9.91. The quantitative estimate of drug-likeness (QED) is 0.798. The van der Waals surface area contributed by atoms with Crippen molar-refractivity contribution in [3.63, 3.8) is 0 Å². The molecule has 0 aliphatic carbocycles. The zero-order valence-electron chi connectivity index (χ0n) is 13.0. The van der Waals surface area contributed by atoms with Crippen LogP contribution >= 0.6 is 0 Å². The first-order valence-electron chi connectivity index (χ1n) is 7.24. The van der Waals surface area contributed by atoms with Gasteiger partial charge in [0.1, 0.15) is 0 Å². The molecule has 0 aliphatic rings. The molecule has 1 aromatic heterocycles. The summed E-state index contributed by atoms with van der Waals surface area (Å²) in [7, 11) is 0. The summed E-state index contributed by atoms with van der Waals surface area (Å²) in [4.78, 5) is 0. The summed E-state index contributed by atoms with van der Waals surface area (Å²) < 4.78 is 2.00. The van der Waals surface area contributed by atoms with Crippen molar-refractivity contribution in [3.05, 3.63) is 18.0 Å². The van der Waals surface area contributed by atoms with Crippen LogP contribution < -0.4 is 5.32 Å². The lowest BCUT2D eigenvalue weighted by atomic mass is 9.89. The van der Waals surface area contributed by atoms with Gasteiger partial charge in [-0.05, 0) is 31.2 Å². The van der Waals surface area contributed by atoms with E-state index in [1.165, 1.54) is 0 Å². The highest BCUT2D eigenvalue weighted by molar-refractivity contribution is 4.99. The van der Waals surface area contributed by atoms with Crippen molar-refractivity contribution in [2.75, 3.05) is 6.54 Å². The highest BCUT2D eigenvalue weighted by Gasteiger charge is 2.16. The van der Waals surface area contributed by atoms with E-state index < -0.39 is 0 Å². The molecule has 110 valence electrons. The molecule has 0 aromatic carbocycles. The summed E-state index contributed by atoms with van der Waals surface area (Å²) in [6.07, 6.45) is 3.62. The molecule has 2 unspecified atom stereocenters. The number of nitrogens with one attached hydrogen (secondary N) is 1. The molecule has 0 spiro atoms. The van der Waals surface area contributed by atoms with Gasteiger partial charge in [0.25, 0.3) is 0 Å². The summed E-state index contributed by atoms with van der Waals surface area (Å²) in [6.45, 7) is 12.1. The van der Waals surface area contributed by atoms with Crippen LogP contribution in [-0.2, 0) is 6.54 Å². The van der Waals surface area contributed by atoms with E-state index >= 15 is 0 Å². The second-order valence-corrected chi connectivity index (χ2v) is 6.59. The number of hydrogen-bond donors (Lipinski definition) is 2. The Morgan fingerprint density at radius 2 is 2.11 bits per heavy atom. The topological polar surface area (TPSA) is 50.1 Å². The average Bonchev–Trinajstić information content (AvgIpc) is 2.74. The van der Waals surface area contributed by atoms with Crippen LogP contribution in [0.3, 0.4) is 0 Å². The van der Waals surface area contributed by atoms with Crippen LogP contribution in [-0.4, -0.2) is 27.5 Å². The van der Waals surface area contributed by atoms with Gasteiger partial charge in [0.05, 0.1) is 11.8 Å². The van der Waals surface area contributed by atoms with Crippen molar-refractivity contribution in [3.8, 4) is 0 Å². The van der Waals surface area contributed by atoms with Crippen LogP contribution in [0.1, 0.15) is 59.2 Å². The first-order valence-corrected chi connectivity index (χ1v) is 7.24. The number of nitrogens with zero attached hydrogens (tertiary/aromatic N) is 2. The minimum Gasteiger partial charge on any atom is -0.392 e. The van der Waals surface area contributed by atoms with Crippen molar-refractivity contribution in [1.82, 2.24) is 15.1 Å². The van der Waals surface area contributed by atoms with E-state index in [0.717, 1.165) is 18.5 Å². The first kappa shape index (κ1) is 16.2. The molecule has 4 nitrogen and oxygen atoms in total. The monoisotopic (exact) mass is 267 g/mol. The van der Waals surface area contributed by atoms with Crippen LogP contribution in [0.5, 0.6) is 0 Å². The molecule has 0 fully saturated rings. The Kier molecular flexibility index (Phi) is 6.01. The number of aliphatic hydroxyl groups excluding tert-OH is 1. The van der Waals surface area contributed by atoms with Crippen molar-refractivity contribution >= 4 is 0 Å². The Balaban J connectivity index is 2.31. The van der Waals surface area contributed by atoms with Crippen LogP contribution in [0.25, 0.3) is 0 Å². The van der Waals surface area contributed by atoms with E-state index in [0.29, 0.717) is 19.1 Å². The van der Waals surface area contributed by atoms with Crippen LogP contribution in [0.4, 0.5) is 0 Å². The Morgan fingerprint density at radius 3 is 2.68 bits per heavy atom. The average molecular weight is 267 g/mol. The fourth-order valence-corrected chi connectivity index (χ4v) is 2.05. The van der Waals surface area contributed by atoms with Crippen LogP contribution in [0, 0.1) is 5.41 Å². The van der Waals surface area contributed by atoms with Gasteiger partial charge in [-0.1, -0.05) is 27.7 Å². The van der Waals surface area contributed by atoms with Crippen molar-refractivity contribution < 1.29 is 5.11 Å². The molecular formula is C15H29N3O. The SMILES string of the molecule is CCC(C)n1ccc(CNCC(O)CC(C)(C)C)n1. The van der Waals surface area contributed by atoms with Crippen LogP contribution in [0.15, 0.2) is 12.3 Å². The Labute approximate surface area is 117 Å². The molecule has 0 saturated carbocycles. The third-order valence-electron chi connectivity index (χ3n) is 3.24. The molecule has 1 aromatic rings. The third kappa shape index (κ3) is 6.21. The van der Waals surface area contributed by atoms with Crippen LogP contribution in [0.2, 0.25) is 0 Å². The van der Waals surface area contributed by atoms with Gasteiger partial charge in [-0.25, -0.2) is 0 Å². The normalized spacial score (nSPS) is 15.5. The second kappa shape index (κ2) is 7.06. The fraction of sp³-hybridized carbons (Fsp3) is 0.800. The molecule has 19 heavy (non-hydrogen) atoms. The highest BCUT2D eigenvalue weighted by atomic mass is 16.3. The maximum absolute atomic E-state index is 9.91. The molecule has 0 bridgehead atoms. The zero-order valence-corrected chi connectivity index (χ0v) is 13.0. The Bertz CT molecular complexity index is 368. The molecule has 0 aliphatic heterocycles. The Hall–Kier alpha value is -0.870. The van der Waals surface area contributed by atoms with E-state index in [9.17, 15) is 5.11 Å². The van der Waals surface area contributed by atoms with Gasteiger partial charge in [-0.2, -0.15) is 5.10 Å². The lowest BCUT2D eigenvalue weighted by Gasteiger charge is -2.22. The van der Waals surface area contributed by atoms with Gasteiger partial charge >= 0.3 is 0 Å². The molecule has 2 N–H and O–H groups in total. The highest BCUT2D eigenvalue weighted by Crippen LogP contribution is 2.20. The van der Waals surface area contributed by atoms with E-state index in [4.69, 9.17) is 0 Å². The van der Waals surface area contributed by atoms with E-state index in [-0.39, 0.29) is 11.5 Å². The summed E-state index contributed by atoms with van der Waals surface area (Å²) in [5.74, 6) is 0. The van der Waals surface area contributed by atoms with Gasteiger partial charge < -0.3 is 10.4 Å². The van der Waals surface area contributed by atoms with Gasteiger partial charge in [0, 0.05) is 25.3 Å². The summed E-state index contributed by atoms with van der Waals surface area (Å²) in [5.41, 5.74) is 1.20. The minimum atomic E-state index is -0.295. The largest absolute Gasteiger partial charge is 0.392 e. The molecule has 0 saturated heterocycles. The molecule has 2 atom stereocenters. The molecule has 0 amide bonds. The van der Waals surface area contributed by atoms with Gasteiger partial charge in [-0.15, -0.1) is 0 Å². The summed E-state index contributed by atoms with van der Waals surface area (Å²) in [5, 5.41) is 17.7. The third-order valence-corrected chi connectivity index (χ3v) is 3.24. The number of aromatic nitrogens is 2. The van der Waals surface area contributed by atoms with E-state index in [1.807, 2.05) is 16.9 Å². The van der Waals surface area contributed by atoms with Gasteiger partial charge in [-0.3, -0.25) is 4.68 Å². The standard InChI is InChI=1S/C15H29N3O/c1-6-12(2)18-8-7-13(17-18)10-16-11-14(19)9-15(3,4)5/h7-8,12,14,16,19H,6,9-11H2,1-5H3. The molecule has 0 radical (unpaired) electrons. The maximum Gasteiger partial charge on any atom is 0.0762 e. The number of hydrogen-bond acceptors (Lipinski definition) is 3. The lowest BCUT2D eigenvalue weighted by Crippen LogP contribution is -2.30. The molecular weight excluding hydrogens is 238 g/mol. The van der Waals surface area contributed by atoms with Crippen molar-refractivity contribution in [2.24, 2.45) is 5.41 Å².